The van der Waals surface area contributed by atoms with Gasteiger partial charge in [0.2, 0.25) is 5.91 Å². The van der Waals surface area contributed by atoms with Gasteiger partial charge in [-0.1, -0.05) is 31.5 Å². The van der Waals surface area contributed by atoms with Gasteiger partial charge in [-0.2, -0.15) is 0 Å². The summed E-state index contributed by atoms with van der Waals surface area (Å²) in [7, 11) is 0. The molecule has 1 amide bonds. The second-order valence-corrected chi connectivity index (χ2v) is 6.90. The van der Waals surface area contributed by atoms with E-state index in [0.717, 1.165) is 11.4 Å². The average Bonchev–Trinajstić information content (AvgIpc) is 3.16. The van der Waals surface area contributed by atoms with E-state index in [1.54, 1.807) is 6.26 Å². The summed E-state index contributed by atoms with van der Waals surface area (Å²) in [6.45, 7) is 6.85. The van der Waals surface area contributed by atoms with E-state index in [2.05, 4.69) is 55.3 Å². The number of carbonyl (C=O) groups excluding carboxylic acids is 1. The van der Waals surface area contributed by atoms with Gasteiger partial charge in [0.1, 0.15) is 11.4 Å². The number of furan rings is 1. The van der Waals surface area contributed by atoms with E-state index >= 15 is 0 Å². The molecular formula is C19H20N2O2. The van der Waals surface area contributed by atoms with E-state index in [0.29, 0.717) is 6.54 Å². The summed E-state index contributed by atoms with van der Waals surface area (Å²) >= 11 is 0. The van der Waals surface area contributed by atoms with Crippen LogP contribution in [-0.2, 0) is 10.2 Å². The Morgan fingerprint density at radius 1 is 1.30 bits per heavy atom. The third-order valence-electron chi connectivity index (χ3n) is 5.16. The Labute approximate surface area is 135 Å². The average molecular weight is 308 g/mol. The highest BCUT2D eigenvalue weighted by molar-refractivity contribution is 5.91. The second-order valence-electron chi connectivity index (χ2n) is 6.90. The molecule has 0 spiro atoms. The van der Waals surface area contributed by atoms with Crippen molar-refractivity contribution in [2.24, 2.45) is 0 Å². The van der Waals surface area contributed by atoms with Crippen LogP contribution < -0.4 is 10.2 Å². The first kappa shape index (κ1) is 14.1. The molecule has 1 aromatic carbocycles. The molecular weight excluding hydrogens is 288 g/mol. The van der Waals surface area contributed by atoms with E-state index < -0.39 is 5.66 Å². The molecule has 2 aliphatic heterocycles. The largest absolute Gasteiger partial charge is 0.465 e. The number of fused-ring (bicyclic) bond motifs is 3. The molecule has 2 aromatic rings. The van der Waals surface area contributed by atoms with Crippen LogP contribution in [-0.4, -0.2) is 18.1 Å². The third kappa shape index (κ3) is 1.81. The van der Waals surface area contributed by atoms with Crippen LogP contribution in [0, 0.1) is 6.92 Å². The van der Waals surface area contributed by atoms with Crippen molar-refractivity contribution < 1.29 is 9.21 Å². The van der Waals surface area contributed by atoms with Gasteiger partial charge in [0.25, 0.3) is 0 Å². The molecule has 1 aromatic heterocycles. The monoisotopic (exact) mass is 308 g/mol. The minimum Gasteiger partial charge on any atom is -0.465 e. The van der Waals surface area contributed by atoms with Crippen LogP contribution >= 0.6 is 0 Å². The maximum atomic E-state index is 12.2. The van der Waals surface area contributed by atoms with Gasteiger partial charge >= 0.3 is 0 Å². The fraction of sp³-hybridized carbons (Fsp3) is 0.316. The van der Waals surface area contributed by atoms with Crippen LogP contribution in [0.3, 0.4) is 0 Å². The molecule has 0 saturated carbocycles. The Morgan fingerprint density at radius 3 is 2.87 bits per heavy atom. The highest BCUT2D eigenvalue weighted by Crippen LogP contribution is 2.53. The number of amides is 1. The molecule has 4 nitrogen and oxygen atoms in total. The molecule has 0 radical (unpaired) electrons. The van der Waals surface area contributed by atoms with Gasteiger partial charge in [0.15, 0.2) is 0 Å². The lowest BCUT2D eigenvalue weighted by Gasteiger charge is -2.40. The lowest BCUT2D eigenvalue weighted by atomic mass is 9.75. The van der Waals surface area contributed by atoms with E-state index in [9.17, 15) is 4.79 Å². The smallest absolute Gasteiger partial charge is 0.241 e. The highest BCUT2D eigenvalue weighted by atomic mass is 16.3. The molecule has 1 fully saturated rings. The zero-order valence-corrected chi connectivity index (χ0v) is 13.6. The summed E-state index contributed by atoms with van der Waals surface area (Å²) in [5, 5.41) is 3.21. The zero-order valence-electron chi connectivity index (χ0n) is 13.6. The minimum absolute atomic E-state index is 0.0494. The molecule has 23 heavy (non-hydrogen) atoms. The first-order valence-corrected chi connectivity index (χ1v) is 7.87. The summed E-state index contributed by atoms with van der Waals surface area (Å²) < 4.78 is 5.41. The standard InChI is InChI=1S/C19H20N2O2/c1-13-6-7-16-15(11-13)18(2,3)19(20-17(22)12-21(16)19)9-8-14-5-4-10-23-14/h4-11H,12H2,1-3H3,(H,20,22)/b9-8+. The van der Waals surface area contributed by atoms with Crippen molar-refractivity contribution in [3.05, 3.63) is 59.6 Å². The summed E-state index contributed by atoms with van der Waals surface area (Å²) in [5.74, 6) is 0.830. The lowest BCUT2D eigenvalue weighted by Crippen LogP contribution is -2.58. The Balaban J connectivity index is 1.88. The maximum absolute atomic E-state index is 12.2. The Morgan fingerprint density at radius 2 is 2.13 bits per heavy atom. The number of hydrogen-bond donors (Lipinski definition) is 1. The molecule has 118 valence electrons. The SMILES string of the molecule is Cc1ccc2c(c1)C(C)(C)C1(/C=C/c3ccco3)NC(=O)CN21. The number of aryl methyl sites for hydroxylation is 1. The molecule has 4 rings (SSSR count). The van der Waals surface area contributed by atoms with Gasteiger partial charge in [0, 0.05) is 11.1 Å². The van der Waals surface area contributed by atoms with Crippen molar-refractivity contribution in [2.75, 3.05) is 11.4 Å². The maximum Gasteiger partial charge on any atom is 0.241 e. The quantitative estimate of drug-likeness (QED) is 0.926. The molecule has 1 saturated heterocycles. The van der Waals surface area contributed by atoms with Gasteiger partial charge < -0.3 is 14.6 Å². The predicted molar refractivity (Wildman–Crippen MR) is 90.2 cm³/mol. The second kappa shape index (κ2) is 4.51. The van der Waals surface area contributed by atoms with Crippen LogP contribution in [0.15, 0.2) is 47.1 Å². The zero-order chi connectivity index (χ0) is 16.2. The normalized spacial score (nSPS) is 24.8. The molecule has 2 aliphatic rings. The third-order valence-corrected chi connectivity index (χ3v) is 5.16. The molecule has 1 N–H and O–H groups in total. The molecule has 3 heterocycles. The number of hydrogen-bond acceptors (Lipinski definition) is 3. The predicted octanol–water partition coefficient (Wildman–Crippen LogP) is 3.23. The van der Waals surface area contributed by atoms with Crippen LogP contribution in [0.25, 0.3) is 6.08 Å². The fourth-order valence-corrected chi connectivity index (χ4v) is 3.88. The van der Waals surface area contributed by atoms with Crippen molar-refractivity contribution in [3.63, 3.8) is 0 Å². The fourth-order valence-electron chi connectivity index (χ4n) is 3.88. The summed E-state index contributed by atoms with van der Waals surface area (Å²) in [4.78, 5) is 14.3. The van der Waals surface area contributed by atoms with Gasteiger partial charge in [-0.15, -0.1) is 0 Å². The van der Waals surface area contributed by atoms with Crippen molar-refractivity contribution >= 4 is 17.7 Å². The Kier molecular flexibility index (Phi) is 2.77. The van der Waals surface area contributed by atoms with E-state index in [1.807, 2.05) is 18.2 Å². The first-order valence-electron chi connectivity index (χ1n) is 7.87. The number of anilines is 1. The topological polar surface area (TPSA) is 45.5 Å². The van der Waals surface area contributed by atoms with Crippen LogP contribution in [0.4, 0.5) is 5.69 Å². The van der Waals surface area contributed by atoms with Crippen LogP contribution in [0.5, 0.6) is 0 Å². The van der Waals surface area contributed by atoms with Crippen molar-refractivity contribution in [2.45, 2.75) is 31.8 Å². The summed E-state index contributed by atoms with van der Waals surface area (Å²) in [6, 6.07) is 10.2. The van der Waals surface area contributed by atoms with Crippen LogP contribution in [0.1, 0.15) is 30.7 Å². The Bertz CT molecular complexity index is 805. The number of rotatable bonds is 2. The lowest BCUT2D eigenvalue weighted by molar-refractivity contribution is -0.118. The molecule has 1 atom stereocenters. The van der Waals surface area contributed by atoms with Crippen molar-refractivity contribution in [3.8, 4) is 0 Å². The van der Waals surface area contributed by atoms with Crippen molar-refractivity contribution in [1.29, 1.82) is 0 Å². The number of nitrogens with zero attached hydrogens (tertiary/aromatic N) is 1. The molecule has 0 bridgehead atoms. The highest BCUT2D eigenvalue weighted by Gasteiger charge is 2.59. The first-order chi connectivity index (χ1) is 10.9. The Hall–Kier alpha value is -2.49. The number of nitrogens with one attached hydrogen (secondary N) is 1. The molecule has 0 aliphatic carbocycles. The molecule has 1 unspecified atom stereocenters. The van der Waals surface area contributed by atoms with Gasteiger partial charge in [-0.3, -0.25) is 4.79 Å². The molecule has 4 heteroatoms. The minimum atomic E-state index is -0.562. The van der Waals surface area contributed by atoms with E-state index in [1.165, 1.54) is 11.1 Å². The van der Waals surface area contributed by atoms with Crippen molar-refractivity contribution in [1.82, 2.24) is 5.32 Å². The van der Waals surface area contributed by atoms with Crippen LogP contribution in [0.2, 0.25) is 0 Å². The van der Waals surface area contributed by atoms with E-state index in [4.69, 9.17) is 4.42 Å². The van der Waals surface area contributed by atoms with Gasteiger partial charge in [-0.25, -0.2) is 0 Å². The number of benzene rings is 1. The van der Waals surface area contributed by atoms with Gasteiger partial charge in [-0.05, 0) is 42.8 Å². The number of carbonyl (C=O) groups is 1. The summed E-state index contributed by atoms with van der Waals surface area (Å²) in [6.07, 6.45) is 5.66. The van der Waals surface area contributed by atoms with Gasteiger partial charge in [0.05, 0.1) is 12.8 Å². The van der Waals surface area contributed by atoms with E-state index in [-0.39, 0.29) is 11.3 Å². The summed E-state index contributed by atoms with van der Waals surface area (Å²) in [5.41, 5.74) is 2.82.